The number of likely N-dealkylation sites (tertiary alicyclic amines) is 1. The Morgan fingerprint density at radius 3 is 2.96 bits per heavy atom. The fourth-order valence-electron chi connectivity index (χ4n) is 3.16. The summed E-state index contributed by atoms with van der Waals surface area (Å²) in [5, 5.41) is 4.22. The van der Waals surface area contributed by atoms with E-state index in [0.717, 1.165) is 17.5 Å². The largest absolute Gasteiger partial charge is 0.382 e. The average molecular weight is 329 g/mol. The van der Waals surface area contributed by atoms with Gasteiger partial charge in [0.1, 0.15) is 5.82 Å². The topological polar surface area (TPSA) is 86.3 Å². The van der Waals surface area contributed by atoms with Crippen LogP contribution in [-0.2, 0) is 22.5 Å². The fraction of sp³-hybridized carbons (Fsp3) is 0.471. The van der Waals surface area contributed by atoms with Gasteiger partial charge in [-0.1, -0.05) is 0 Å². The van der Waals surface area contributed by atoms with Gasteiger partial charge < -0.3 is 15.4 Å². The average Bonchev–Trinajstić information content (AvgIpc) is 3.16. The first kappa shape index (κ1) is 16.4. The van der Waals surface area contributed by atoms with E-state index in [-0.39, 0.29) is 18.1 Å². The van der Waals surface area contributed by atoms with E-state index < -0.39 is 0 Å². The van der Waals surface area contributed by atoms with E-state index in [1.165, 1.54) is 0 Å². The number of anilines is 1. The van der Waals surface area contributed by atoms with Gasteiger partial charge in [-0.3, -0.25) is 14.5 Å². The van der Waals surface area contributed by atoms with Gasteiger partial charge in [-0.2, -0.15) is 5.10 Å². The Labute approximate surface area is 141 Å². The molecule has 0 radical (unpaired) electrons. The van der Waals surface area contributed by atoms with Crippen molar-refractivity contribution in [3.8, 4) is 0 Å². The Morgan fingerprint density at radius 1 is 1.46 bits per heavy atom. The van der Waals surface area contributed by atoms with Crippen LogP contribution < -0.4 is 5.73 Å². The highest BCUT2D eigenvalue weighted by Crippen LogP contribution is 2.23. The molecule has 0 aromatic carbocycles. The Balaban J connectivity index is 1.73. The maximum atomic E-state index is 12.8. The van der Waals surface area contributed by atoms with Gasteiger partial charge in [0.05, 0.1) is 25.1 Å². The van der Waals surface area contributed by atoms with Crippen LogP contribution in [0.25, 0.3) is 0 Å². The fourth-order valence-corrected chi connectivity index (χ4v) is 3.16. The first-order chi connectivity index (χ1) is 11.6. The van der Waals surface area contributed by atoms with Gasteiger partial charge in [-0.25, -0.2) is 0 Å². The van der Waals surface area contributed by atoms with Crippen LogP contribution >= 0.6 is 0 Å². The number of carbonyl (C=O) groups excluding carboxylic acids is 1. The summed E-state index contributed by atoms with van der Waals surface area (Å²) in [5.74, 6) is 0.580. The van der Waals surface area contributed by atoms with Crippen LogP contribution in [0.4, 0.5) is 5.82 Å². The van der Waals surface area contributed by atoms with Crippen LogP contribution in [0.2, 0.25) is 0 Å². The maximum Gasteiger partial charge on any atom is 0.227 e. The minimum absolute atomic E-state index is 0.0544. The third kappa shape index (κ3) is 3.56. The number of rotatable bonds is 5. The van der Waals surface area contributed by atoms with Crippen molar-refractivity contribution < 1.29 is 9.53 Å². The van der Waals surface area contributed by atoms with Gasteiger partial charge in [-0.15, -0.1) is 0 Å². The first-order valence-electron chi connectivity index (χ1n) is 8.07. The molecule has 7 heteroatoms. The third-order valence-corrected chi connectivity index (χ3v) is 4.58. The second-order valence-electron chi connectivity index (χ2n) is 6.23. The van der Waals surface area contributed by atoms with Crippen molar-refractivity contribution in [1.82, 2.24) is 19.7 Å². The molecule has 1 aliphatic rings. The molecular weight excluding hydrogens is 306 g/mol. The van der Waals surface area contributed by atoms with Crippen LogP contribution in [0.5, 0.6) is 0 Å². The van der Waals surface area contributed by atoms with Crippen molar-refractivity contribution in [2.45, 2.75) is 38.5 Å². The maximum absolute atomic E-state index is 12.8. The van der Waals surface area contributed by atoms with E-state index in [1.54, 1.807) is 30.3 Å². The molecule has 1 fully saturated rings. The molecule has 1 saturated heterocycles. The summed E-state index contributed by atoms with van der Waals surface area (Å²) in [6.45, 7) is 3.22. The molecule has 7 nitrogen and oxygen atoms in total. The smallest absolute Gasteiger partial charge is 0.227 e. The highest BCUT2D eigenvalue weighted by Gasteiger charge is 2.35. The number of nitrogens with two attached hydrogens (primary N) is 1. The van der Waals surface area contributed by atoms with E-state index >= 15 is 0 Å². The summed E-state index contributed by atoms with van der Waals surface area (Å²) in [4.78, 5) is 18.8. The van der Waals surface area contributed by atoms with Crippen LogP contribution in [0.1, 0.15) is 17.5 Å². The van der Waals surface area contributed by atoms with E-state index in [1.807, 2.05) is 24.1 Å². The lowest BCUT2D eigenvalue weighted by molar-refractivity contribution is -0.131. The Bertz CT molecular complexity index is 715. The van der Waals surface area contributed by atoms with Crippen LogP contribution in [0.15, 0.2) is 30.7 Å². The number of nitrogens with zero attached hydrogens (tertiary/aromatic N) is 4. The summed E-state index contributed by atoms with van der Waals surface area (Å²) in [6, 6.07) is 3.74. The summed E-state index contributed by atoms with van der Waals surface area (Å²) in [5.41, 5.74) is 7.72. The highest BCUT2D eigenvalue weighted by atomic mass is 16.5. The van der Waals surface area contributed by atoms with Gasteiger partial charge in [0.2, 0.25) is 5.91 Å². The molecule has 0 bridgehead atoms. The molecule has 0 spiro atoms. The lowest BCUT2D eigenvalue weighted by Gasteiger charge is -2.24. The van der Waals surface area contributed by atoms with Crippen LogP contribution in [-0.4, -0.2) is 51.4 Å². The van der Waals surface area contributed by atoms with E-state index in [4.69, 9.17) is 10.5 Å². The molecule has 1 amide bonds. The van der Waals surface area contributed by atoms with Crippen molar-refractivity contribution in [2.24, 2.45) is 0 Å². The zero-order chi connectivity index (χ0) is 17.1. The minimum Gasteiger partial charge on any atom is -0.382 e. The van der Waals surface area contributed by atoms with Gasteiger partial charge in [0.15, 0.2) is 0 Å². The standard InChI is InChI=1S/C17H23N5O2/c1-12-3-5-19-9-13(12)7-17(23)22-11-15(24-2)8-14(22)10-21-6-4-16(18)20-21/h3-6,9,14-15H,7-8,10-11H2,1-2H3,(H2,18,20)/t14-,15+/m0/s1. The molecule has 1 aliphatic heterocycles. The van der Waals surface area contributed by atoms with Crippen molar-refractivity contribution in [1.29, 1.82) is 0 Å². The Morgan fingerprint density at radius 2 is 2.29 bits per heavy atom. The zero-order valence-electron chi connectivity index (χ0n) is 14.1. The molecule has 0 unspecified atom stereocenters. The molecule has 3 rings (SSSR count). The number of methoxy groups -OCH3 is 1. The molecule has 2 aromatic rings. The molecule has 128 valence electrons. The number of hydrogen-bond acceptors (Lipinski definition) is 5. The molecular formula is C17H23N5O2. The summed E-state index contributed by atoms with van der Waals surface area (Å²) >= 11 is 0. The first-order valence-corrected chi connectivity index (χ1v) is 8.07. The quantitative estimate of drug-likeness (QED) is 0.885. The number of hydrogen-bond donors (Lipinski definition) is 1. The molecule has 0 saturated carbocycles. The normalized spacial score (nSPS) is 20.5. The van der Waals surface area contributed by atoms with Gasteiger partial charge >= 0.3 is 0 Å². The monoisotopic (exact) mass is 329 g/mol. The molecule has 3 heterocycles. The van der Waals surface area contributed by atoms with E-state index in [2.05, 4.69) is 10.1 Å². The van der Waals surface area contributed by atoms with Crippen LogP contribution in [0.3, 0.4) is 0 Å². The Hall–Kier alpha value is -2.41. The van der Waals surface area contributed by atoms with Crippen molar-refractivity contribution >= 4 is 11.7 Å². The van der Waals surface area contributed by atoms with Gasteiger partial charge in [-0.05, 0) is 36.6 Å². The number of aromatic nitrogens is 3. The zero-order valence-corrected chi connectivity index (χ0v) is 14.1. The second-order valence-corrected chi connectivity index (χ2v) is 6.23. The molecule has 2 atom stereocenters. The molecule has 2 N–H and O–H groups in total. The summed E-state index contributed by atoms with van der Waals surface area (Å²) in [7, 11) is 1.69. The SMILES string of the molecule is CO[C@@H]1C[C@@H](Cn2ccc(N)n2)N(C(=O)Cc2cnccc2C)C1. The lowest BCUT2D eigenvalue weighted by atomic mass is 10.1. The number of amides is 1. The van der Waals surface area contributed by atoms with Crippen molar-refractivity contribution in [3.63, 3.8) is 0 Å². The van der Waals surface area contributed by atoms with Crippen LogP contribution in [0, 0.1) is 6.92 Å². The Kier molecular flexibility index (Phi) is 4.80. The molecule has 2 aromatic heterocycles. The van der Waals surface area contributed by atoms with Gasteiger partial charge in [0.25, 0.3) is 0 Å². The van der Waals surface area contributed by atoms with Crippen molar-refractivity contribution in [2.75, 3.05) is 19.4 Å². The predicted molar refractivity (Wildman–Crippen MR) is 90.2 cm³/mol. The predicted octanol–water partition coefficient (Wildman–Crippen LogP) is 1.03. The summed E-state index contributed by atoms with van der Waals surface area (Å²) < 4.78 is 7.26. The highest BCUT2D eigenvalue weighted by molar-refractivity contribution is 5.79. The van der Waals surface area contributed by atoms with Crippen molar-refractivity contribution in [3.05, 3.63) is 41.9 Å². The van der Waals surface area contributed by atoms with E-state index in [9.17, 15) is 4.79 Å². The van der Waals surface area contributed by atoms with E-state index in [0.29, 0.717) is 25.3 Å². The number of nitrogen functional groups attached to an aromatic ring is 1. The second kappa shape index (κ2) is 7.00. The number of carbonyl (C=O) groups is 1. The number of aryl methyl sites for hydroxylation is 1. The number of pyridine rings is 1. The summed E-state index contributed by atoms with van der Waals surface area (Å²) in [6.07, 6.45) is 6.55. The molecule has 0 aliphatic carbocycles. The third-order valence-electron chi connectivity index (χ3n) is 4.58. The lowest BCUT2D eigenvalue weighted by Crippen LogP contribution is -2.39. The molecule has 24 heavy (non-hydrogen) atoms. The van der Waals surface area contributed by atoms with Gasteiger partial charge in [0, 0.05) is 32.2 Å². The number of ether oxygens (including phenoxy) is 1. The minimum atomic E-state index is 0.0544.